The minimum absolute atomic E-state index is 0.0475. The number of methoxy groups -OCH3 is 1. The Kier molecular flexibility index (Phi) is 7.94. The zero-order valence-corrected chi connectivity index (χ0v) is 17.6. The zero-order chi connectivity index (χ0) is 20.5. The molecule has 5 heteroatoms. The fourth-order valence-corrected chi connectivity index (χ4v) is 3.78. The van der Waals surface area contributed by atoms with Gasteiger partial charge >= 0.3 is 6.03 Å². The maximum absolute atomic E-state index is 12.3. The summed E-state index contributed by atoms with van der Waals surface area (Å²) in [6.45, 7) is 5.09. The maximum Gasteiger partial charge on any atom is 0.315 e. The lowest BCUT2D eigenvalue weighted by Crippen LogP contribution is -2.49. The Bertz CT molecular complexity index is 740. The average molecular weight is 396 g/mol. The van der Waals surface area contributed by atoms with Crippen molar-refractivity contribution in [2.75, 3.05) is 20.2 Å². The Hall–Kier alpha value is -2.53. The molecule has 2 N–H and O–H groups in total. The van der Waals surface area contributed by atoms with Gasteiger partial charge in [0.1, 0.15) is 5.75 Å². The Labute approximate surface area is 174 Å². The monoisotopic (exact) mass is 395 g/mol. The maximum atomic E-state index is 12.3. The van der Waals surface area contributed by atoms with Gasteiger partial charge in [0, 0.05) is 31.7 Å². The smallest absolute Gasteiger partial charge is 0.315 e. The highest BCUT2D eigenvalue weighted by atomic mass is 16.5. The molecule has 1 heterocycles. The second-order valence-corrected chi connectivity index (χ2v) is 7.94. The van der Waals surface area contributed by atoms with Gasteiger partial charge < -0.3 is 15.4 Å². The van der Waals surface area contributed by atoms with E-state index in [0.29, 0.717) is 0 Å². The van der Waals surface area contributed by atoms with Gasteiger partial charge in [0.05, 0.1) is 7.11 Å². The van der Waals surface area contributed by atoms with Crippen LogP contribution in [0.1, 0.15) is 37.3 Å². The van der Waals surface area contributed by atoms with Crippen molar-refractivity contribution >= 4 is 6.03 Å². The second kappa shape index (κ2) is 10.9. The number of hydrogen-bond acceptors (Lipinski definition) is 3. The van der Waals surface area contributed by atoms with E-state index in [2.05, 4.69) is 64.9 Å². The van der Waals surface area contributed by atoms with E-state index in [1.807, 2.05) is 12.1 Å². The minimum Gasteiger partial charge on any atom is -0.497 e. The predicted octanol–water partition coefficient (Wildman–Crippen LogP) is 3.98. The zero-order valence-electron chi connectivity index (χ0n) is 17.6. The molecule has 0 spiro atoms. The number of hydrogen-bond donors (Lipinski definition) is 2. The van der Waals surface area contributed by atoms with Gasteiger partial charge in [0.2, 0.25) is 0 Å². The molecule has 5 nitrogen and oxygen atoms in total. The predicted molar refractivity (Wildman–Crippen MR) is 117 cm³/mol. The Morgan fingerprint density at radius 1 is 1.07 bits per heavy atom. The minimum atomic E-state index is -0.0475. The Morgan fingerprint density at radius 2 is 1.76 bits per heavy atom. The molecule has 2 aromatic carbocycles. The van der Waals surface area contributed by atoms with Crippen LogP contribution in [0.25, 0.3) is 0 Å². The highest BCUT2D eigenvalue weighted by Gasteiger charge is 2.21. The molecule has 0 radical (unpaired) electrons. The normalized spacial score (nSPS) is 16.2. The van der Waals surface area contributed by atoms with Gasteiger partial charge in [-0.2, -0.15) is 0 Å². The number of carbonyl (C=O) groups excluding carboxylic acids is 1. The van der Waals surface area contributed by atoms with Crippen molar-refractivity contribution in [1.29, 1.82) is 0 Å². The van der Waals surface area contributed by atoms with Crippen molar-refractivity contribution in [2.24, 2.45) is 0 Å². The molecule has 1 saturated heterocycles. The van der Waals surface area contributed by atoms with Crippen molar-refractivity contribution in [3.05, 3.63) is 65.7 Å². The molecule has 29 heavy (non-hydrogen) atoms. The molecule has 1 fully saturated rings. The van der Waals surface area contributed by atoms with Crippen molar-refractivity contribution < 1.29 is 9.53 Å². The Morgan fingerprint density at radius 3 is 2.41 bits per heavy atom. The van der Waals surface area contributed by atoms with Crippen LogP contribution in [-0.2, 0) is 13.0 Å². The quantitative estimate of drug-likeness (QED) is 0.711. The molecular weight excluding hydrogens is 362 g/mol. The SMILES string of the molecule is COc1ccc(CCC(C)NC(=O)NC2CCN(Cc3ccccc3)CC2)cc1. The van der Waals surface area contributed by atoms with Gasteiger partial charge in [-0.25, -0.2) is 4.79 Å². The van der Waals surface area contributed by atoms with E-state index in [4.69, 9.17) is 4.74 Å². The van der Waals surface area contributed by atoms with E-state index in [1.165, 1.54) is 11.1 Å². The molecule has 2 aromatic rings. The van der Waals surface area contributed by atoms with Crippen LogP contribution in [0.2, 0.25) is 0 Å². The third-order valence-electron chi connectivity index (χ3n) is 5.57. The molecule has 0 aliphatic carbocycles. The van der Waals surface area contributed by atoms with Crippen molar-refractivity contribution in [2.45, 2.75) is 51.2 Å². The van der Waals surface area contributed by atoms with Crippen molar-refractivity contribution in [3.8, 4) is 5.75 Å². The first-order valence-electron chi connectivity index (χ1n) is 10.6. The second-order valence-electron chi connectivity index (χ2n) is 7.94. The van der Waals surface area contributed by atoms with Gasteiger partial charge in [-0.15, -0.1) is 0 Å². The number of urea groups is 1. The molecular formula is C24H33N3O2. The van der Waals surface area contributed by atoms with Crippen LogP contribution in [0.3, 0.4) is 0 Å². The van der Waals surface area contributed by atoms with Gasteiger partial charge in [-0.3, -0.25) is 4.90 Å². The van der Waals surface area contributed by atoms with Crippen molar-refractivity contribution in [1.82, 2.24) is 15.5 Å². The molecule has 1 aliphatic heterocycles. The van der Waals surface area contributed by atoms with Crippen LogP contribution in [-0.4, -0.2) is 43.2 Å². The van der Waals surface area contributed by atoms with E-state index >= 15 is 0 Å². The largest absolute Gasteiger partial charge is 0.497 e. The fraction of sp³-hybridized carbons (Fsp3) is 0.458. The molecule has 0 saturated carbocycles. The lowest BCUT2D eigenvalue weighted by molar-refractivity contribution is 0.185. The van der Waals surface area contributed by atoms with Crippen LogP contribution in [0, 0.1) is 0 Å². The topological polar surface area (TPSA) is 53.6 Å². The molecule has 0 aromatic heterocycles. The van der Waals surface area contributed by atoms with E-state index in [-0.39, 0.29) is 18.1 Å². The first-order chi connectivity index (χ1) is 14.1. The molecule has 1 atom stereocenters. The van der Waals surface area contributed by atoms with Crippen LogP contribution in [0.4, 0.5) is 4.79 Å². The molecule has 0 bridgehead atoms. The van der Waals surface area contributed by atoms with Gasteiger partial charge in [0.25, 0.3) is 0 Å². The third kappa shape index (κ3) is 7.09. The molecule has 156 valence electrons. The summed E-state index contributed by atoms with van der Waals surface area (Å²) in [6, 6.07) is 19.0. The number of amides is 2. The lowest BCUT2D eigenvalue weighted by Gasteiger charge is -2.32. The summed E-state index contributed by atoms with van der Waals surface area (Å²) in [5, 5.41) is 6.24. The molecule has 2 amide bonds. The van der Waals surface area contributed by atoms with Crippen LogP contribution < -0.4 is 15.4 Å². The van der Waals surface area contributed by atoms with E-state index < -0.39 is 0 Å². The average Bonchev–Trinajstić information content (AvgIpc) is 2.75. The highest BCUT2D eigenvalue weighted by molar-refractivity contribution is 5.74. The first-order valence-corrected chi connectivity index (χ1v) is 10.6. The molecule has 3 rings (SSSR count). The van der Waals surface area contributed by atoms with E-state index in [0.717, 1.165) is 51.1 Å². The number of rotatable bonds is 8. The number of likely N-dealkylation sites (tertiary alicyclic amines) is 1. The van der Waals surface area contributed by atoms with Crippen LogP contribution >= 0.6 is 0 Å². The number of ether oxygens (including phenoxy) is 1. The summed E-state index contributed by atoms with van der Waals surface area (Å²) in [5.74, 6) is 0.870. The summed E-state index contributed by atoms with van der Waals surface area (Å²) in [7, 11) is 1.67. The summed E-state index contributed by atoms with van der Waals surface area (Å²) in [6.07, 6.45) is 3.85. The summed E-state index contributed by atoms with van der Waals surface area (Å²) < 4.78 is 5.19. The van der Waals surface area contributed by atoms with Gasteiger partial charge in [-0.1, -0.05) is 42.5 Å². The summed E-state index contributed by atoms with van der Waals surface area (Å²) in [4.78, 5) is 14.8. The van der Waals surface area contributed by atoms with Gasteiger partial charge in [-0.05, 0) is 55.9 Å². The van der Waals surface area contributed by atoms with Gasteiger partial charge in [0.15, 0.2) is 0 Å². The third-order valence-corrected chi connectivity index (χ3v) is 5.57. The molecule has 1 aliphatic rings. The summed E-state index contributed by atoms with van der Waals surface area (Å²) >= 11 is 0. The fourth-order valence-electron chi connectivity index (χ4n) is 3.78. The summed E-state index contributed by atoms with van der Waals surface area (Å²) in [5.41, 5.74) is 2.60. The van der Waals surface area contributed by atoms with Crippen LogP contribution in [0.15, 0.2) is 54.6 Å². The van der Waals surface area contributed by atoms with E-state index in [1.54, 1.807) is 7.11 Å². The number of benzene rings is 2. The number of aryl methyl sites for hydroxylation is 1. The molecule has 1 unspecified atom stereocenters. The number of nitrogens with zero attached hydrogens (tertiary/aromatic N) is 1. The highest BCUT2D eigenvalue weighted by Crippen LogP contribution is 2.15. The van der Waals surface area contributed by atoms with Crippen molar-refractivity contribution in [3.63, 3.8) is 0 Å². The van der Waals surface area contributed by atoms with Crippen LogP contribution in [0.5, 0.6) is 5.75 Å². The van der Waals surface area contributed by atoms with E-state index in [9.17, 15) is 4.79 Å². The Balaban J connectivity index is 1.33. The number of piperidine rings is 1. The lowest BCUT2D eigenvalue weighted by atomic mass is 10.0. The standard InChI is InChI=1S/C24H33N3O2/c1-19(8-9-20-10-12-23(29-2)13-11-20)25-24(28)26-22-14-16-27(17-15-22)18-21-6-4-3-5-7-21/h3-7,10-13,19,22H,8-9,14-18H2,1-2H3,(H2,25,26,28). The number of nitrogens with one attached hydrogen (secondary N) is 2. The number of carbonyl (C=O) groups is 1. The first kappa shape index (κ1) is 21.2.